The topological polar surface area (TPSA) is 17.1 Å². The largest absolute Gasteiger partial charge is 0.289 e. The first-order valence-corrected chi connectivity index (χ1v) is 9.82. The van der Waals surface area contributed by atoms with Gasteiger partial charge in [0.2, 0.25) is 0 Å². The van der Waals surface area contributed by atoms with Gasteiger partial charge in [-0.05, 0) is 62.1 Å². The molecule has 1 aliphatic carbocycles. The minimum absolute atomic E-state index is 0.00512. The first kappa shape index (κ1) is 19.5. The van der Waals surface area contributed by atoms with Crippen LogP contribution in [0.5, 0.6) is 0 Å². The minimum atomic E-state index is -0.00512. The number of hydrogen-bond donors (Lipinski definition) is 0. The van der Waals surface area contributed by atoms with Gasteiger partial charge in [0.25, 0.3) is 0 Å². The molecule has 0 bridgehead atoms. The molecule has 3 rings (SSSR count). The molecule has 26 heavy (non-hydrogen) atoms. The van der Waals surface area contributed by atoms with Crippen LogP contribution in [0.4, 0.5) is 0 Å². The average molecular weight is 426 g/mol. The normalized spacial score (nSPS) is 18.4. The van der Waals surface area contributed by atoms with E-state index in [1.807, 2.05) is 0 Å². The van der Waals surface area contributed by atoms with E-state index in [0.717, 1.165) is 12.8 Å². The van der Waals surface area contributed by atoms with Gasteiger partial charge in [0.05, 0.1) is 0 Å². The van der Waals surface area contributed by atoms with Crippen LogP contribution in [0.25, 0.3) is 12.2 Å². The molecule has 2 aromatic rings. The maximum atomic E-state index is 13.1. The molecule has 0 heterocycles. The molecular formula is C21H16Cl4O. The number of ketones is 1. The van der Waals surface area contributed by atoms with Gasteiger partial charge >= 0.3 is 0 Å². The molecule has 0 spiro atoms. The number of benzene rings is 2. The lowest BCUT2D eigenvalue weighted by atomic mass is 9.98. The van der Waals surface area contributed by atoms with Crippen LogP contribution in [-0.4, -0.2) is 5.78 Å². The van der Waals surface area contributed by atoms with Gasteiger partial charge < -0.3 is 0 Å². The number of Topliss-reactive ketones (excluding diaryl/α,β-unsaturated/α-hetero) is 1. The predicted molar refractivity (Wildman–Crippen MR) is 112 cm³/mol. The Bertz CT molecular complexity index is 798. The Hall–Kier alpha value is -1.25. The zero-order chi connectivity index (χ0) is 18.7. The van der Waals surface area contributed by atoms with Crippen molar-refractivity contribution in [2.24, 2.45) is 0 Å². The molecule has 1 nitrogen and oxygen atoms in total. The van der Waals surface area contributed by atoms with Gasteiger partial charge in [-0.15, -0.1) is 0 Å². The lowest BCUT2D eigenvalue weighted by Gasteiger charge is -2.09. The molecule has 0 amide bonds. The monoisotopic (exact) mass is 424 g/mol. The van der Waals surface area contributed by atoms with Gasteiger partial charge in [-0.25, -0.2) is 0 Å². The minimum Gasteiger partial charge on any atom is -0.289 e. The summed E-state index contributed by atoms with van der Waals surface area (Å²) in [5.74, 6) is -0.00512. The van der Waals surface area contributed by atoms with Gasteiger partial charge in [-0.1, -0.05) is 58.5 Å². The van der Waals surface area contributed by atoms with E-state index in [1.165, 1.54) is 0 Å². The lowest BCUT2D eigenvalue weighted by molar-refractivity contribution is -0.112. The molecule has 0 N–H and O–H groups in total. The van der Waals surface area contributed by atoms with Crippen molar-refractivity contribution in [1.82, 2.24) is 0 Å². The summed E-state index contributed by atoms with van der Waals surface area (Å²) in [5, 5.41) is 2.12. The molecule has 2 aromatic carbocycles. The second-order valence-corrected chi connectivity index (χ2v) is 7.77. The highest BCUT2D eigenvalue weighted by Crippen LogP contribution is 2.33. The summed E-state index contributed by atoms with van der Waals surface area (Å²) in [6.07, 6.45) is 6.84. The molecule has 0 aromatic heterocycles. The number of halogens is 4. The SMILES string of the molecule is O=C1/C(=C/c2c(Cl)cccc2Cl)CCCC/C1=C\c1c(Cl)cccc1Cl. The second-order valence-electron chi connectivity index (χ2n) is 6.15. The molecule has 0 unspecified atom stereocenters. The van der Waals surface area contributed by atoms with Crippen molar-refractivity contribution in [2.75, 3.05) is 0 Å². The van der Waals surface area contributed by atoms with Crippen molar-refractivity contribution < 1.29 is 4.79 Å². The molecule has 134 valence electrons. The van der Waals surface area contributed by atoms with Crippen molar-refractivity contribution in [3.05, 3.63) is 78.8 Å². The molecule has 0 aliphatic heterocycles. The summed E-state index contributed by atoms with van der Waals surface area (Å²) in [7, 11) is 0. The van der Waals surface area contributed by atoms with Crippen LogP contribution in [0.2, 0.25) is 20.1 Å². The van der Waals surface area contributed by atoms with E-state index in [0.29, 0.717) is 55.2 Å². The van der Waals surface area contributed by atoms with Gasteiger partial charge in [0, 0.05) is 42.4 Å². The Morgan fingerprint density at radius 2 is 1.00 bits per heavy atom. The fourth-order valence-corrected chi connectivity index (χ4v) is 4.00. The van der Waals surface area contributed by atoms with Crippen LogP contribution >= 0.6 is 46.4 Å². The standard InChI is InChI=1S/C21H16Cl4O/c22-17-7-3-8-18(23)15(17)11-13-5-1-2-6-14(21(13)26)12-16-19(24)9-4-10-20(16)25/h3-4,7-12H,1-2,5-6H2/b13-11+,14-12+. The predicted octanol–water partition coefficient (Wildman–Crippen LogP) is 7.91. The molecule has 1 fully saturated rings. The van der Waals surface area contributed by atoms with Gasteiger partial charge in [0.15, 0.2) is 5.78 Å². The number of rotatable bonds is 2. The van der Waals surface area contributed by atoms with Crippen LogP contribution < -0.4 is 0 Å². The third-order valence-corrected chi connectivity index (χ3v) is 5.68. The quantitative estimate of drug-likeness (QED) is 0.352. The Labute approximate surface area is 173 Å². The third kappa shape index (κ3) is 4.35. The van der Waals surface area contributed by atoms with Crippen LogP contribution in [-0.2, 0) is 4.79 Å². The molecular weight excluding hydrogens is 410 g/mol. The zero-order valence-corrected chi connectivity index (χ0v) is 16.9. The molecule has 0 atom stereocenters. The van der Waals surface area contributed by atoms with Crippen LogP contribution in [0, 0.1) is 0 Å². The van der Waals surface area contributed by atoms with E-state index in [9.17, 15) is 4.79 Å². The highest BCUT2D eigenvalue weighted by molar-refractivity contribution is 6.38. The Balaban J connectivity index is 2.03. The van der Waals surface area contributed by atoms with Crippen molar-refractivity contribution >= 4 is 64.3 Å². The molecule has 0 saturated heterocycles. The number of carbonyl (C=O) groups excluding carboxylic acids is 1. The summed E-state index contributed by atoms with van der Waals surface area (Å²) in [6, 6.07) is 10.6. The van der Waals surface area contributed by atoms with Gasteiger partial charge in [-0.3, -0.25) is 4.79 Å². The lowest BCUT2D eigenvalue weighted by Crippen LogP contribution is -2.04. The summed E-state index contributed by atoms with van der Waals surface area (Å²) in [6.45, 7) is 0. The first-order valence-electron chi connectivity index (χ1n) is 8.31. The van der Waals surface area contributed by atoms with Gasteiger partial charge in [-0.2, -0.15) is 0 Å². The summed E-state index contributed by atoms with van der Waals surface area (Å²) in [4.78, 5) is 13.1. The molecule has 1 aliphatic rings. The summed E-state index contributed by atoms with van der Waals surface area (Å²) in [5.41, 5.74) is 2.76. The van der Waals surface area contributed by atoms with E-state index in [1.54, 1.807) is 48.6 Å². The molecule has 5 heteroatoms. The van der Waals surface area contributed by atoms with Crippen LogP contribution in [0.3, 0.4) is 0 Å². The first-order chi connectivity index (χ1) is 12.5. The van der Waals surface area contributed by atoms with E-state index in [-0.39, 0.29) is 5.78 Å². The highest BCUT2D eigenvalue weighted by atomic mass is 35.5. The fraction of sp³-hybridized carbons (Fsp3) is 0.190. The van der Waals surface area contributed by atoms with Crippen molar-refractivity contribution in [3.8, 4) is 0 Å². The smallest absolute Gasteiger partial charge is 0.185 e. The number of carbonyl (C=O) groups is 1. The van der Waals surface area contributed by atoms with Gasteiger partial charge in [0.1, 0.15) is 0 Å². The maximum Gasteiger partial charge on any atom is 0.185 e. The van der Waals surface area contributed by atoms with Crippen LogP contribution in [0.1, 0.15) is 36.8 Å². The summed E-state index contributed by atoms with van der Waals surface area (Å²) < 4.78 is 0. The number of hydrogen-bond acceptors (Lipinski definition) is 1. The van der Waals surface area contributed by atoms with Crippen molar-refractivity contribution in [1.29, 1.82) is 0 Å². The Kier molecular flexibility index (Phi) is 6.47. The van der Waals surface area contributed by atoms with E-state index in [4.69, 9.17) is 46.4 Å². The van der Waals surface area contributed by atoms with Crippen LogP contribution in [0.15, 0.2) is 47.5 Å². The third-order valence-electron chi connectivity index (χ3n) is 4.36. The molecule has 0 radical (unpaired) electrons. The Morgan fingerprint density at radius 1 is 0.654 bits per heavy atom. The fourth-order valence-electron chi connectivity index (χ4n) is 2.99. The maximum absolute atomic E-state index is 13.1. The Morgan fingerprint density at radius 3 is 1.35 bits per heavy atom. The number of allylic oxidation sites excluding steroid dienone is 2. The zero-order valence-electron chi connectivity index (χ0n) is 13.9. The van der Waals surface area contributed by atoms with Crippen molar-refractivity contribution in [2.45, 2.75) is 25.7 Å². The van der Waals surface area contributed by atoms with Crippen molar-refractivity contribution in [3.63, 3.8) is 0 Å². The second kappa shape index (κ2) is 8.63. The van der Waals surface area contributed by atoms with E-state index < -0.39 is 0 Å². The van der Waals surface area contributed by atoms with E-state index in [2.05, 4.69) is 0 Å². The average Bonchev–Trinajstić information content (AvgIpc) is 2.77. The highest BCUT2D eigenvalue weighted by Gasteiger charge is 2.20. The molecule has 1 saturated carbocycles. The van der Waals surface area contributed by atoms with E-state index >= 15 is 0 Å². The summed E-state index contributed by atoms with van der Waals surface area (Å²) >= 11 is 25.0.